The Kier molecular flexibility index (Phi) is 3.97. The first-order valence-corrected chi connectivity index (χ1v) is 8.80. The first kappa shape index (κ1) is 14.6. The molecule has 0 aliphatic carbocycles. The predicted molar refractivity (Wildman–Crippen MR) is 93.2 cm³/mol. The van der Waals surface area contributed by atoms with Gasteiger partial charge in [-0.25, -0.2) is 4.98 Å². The van der Waals surface area contributed by atoms with Crippen molar-refractivity contribution >= 4 is 17.4 Å². The first-order chi connectivity index (χ1) is 11.3. The quantitative estimate of drug-likeness (QED) is 0.799. The maximum atomic E-state index is 6.05. The normalized spacial score (nSPS) is 17.0. The van der Waals surface area contributed by atoms with E-state index in [0.717, 1.165) is 30.2 Å². The molecule has 0 spiro atoms. The summed E-state index contributed by atoms with van der Waals surface area (Å²) in [5.41, 5.74) is 3.40. The molecule has 23 heavy (non-hydrogen) atoms. The van der Waals surface area contributed by atoms with Gasteiger partial charge in [-0.2, -0.15) is 0 Å². The minimum absolute atomic E-state index is 0.204. The van der Waals surface area contributed by atoms with Crippen LogP contribution in [0.1, 0.15) is 11.3 Å². The number of aryl methyl sites for hydroxylation is 1. The standard InChI is InChI=1S/C18H19N3OS/c1-13-5-4-8-21-14(10-20-18(13)21)9-19-11-15-12-23-17-7-3-2-6-16(17)22-15/h2-8,10,15,19H,9,11-12H2,1H3. The van der Waals surface area contributed by atoms with Crippen LogP contribution in [0, 0.1) is 6.92 Å². The average Bonchev–Trinajstić information content (AvgIpc) is 2.99. The molecule has 0 saturated carbocycles. The van der Waals surface area contributed by atoms with Crippen molar-refractivity contribution in [1.82, 2.24) is 14.7 Å². The number of nitrogens with zero attached hydrogens (tertiary/aromatic N) is 2. The topological polar surface area (TPSA) is 38.6 Å². The third-order valence-corrected chi connectivity index (χ3v) is 5.24. The van der Waals surface area contributed by atoms with Gasteiger partial charge in [-0.1, -0.05) is 18.2 Å². The van der Waals surface area contributed by atoms with Crippen molar-refractivity contribution in [2.24, 2.45) is 0 Å². The van der Waals surface area contributed by atoms with Gasteiger partial charge in [-0.3, -0.25) is 0 Å². The molecular formula is C18H19N3OS. The zero-order chi connectivity index (χ0) is 15.6. The molecule has 5 heteroatoms. The maximum Gasteiger partial charge on any atom is 0.139 e. The molecule has 0 amide bonds. The second kappa shape index (κ2) is 6.26. The number of imidazole rings is 1. The highest BCUT2D eigenvalue weighted by atomic mass is 32.2. The summed E-state index contributed by atoms with van der Waals surface area (Å²) >= 11 is 1.87. The van der Waals surface area contributed by atoms with Crippen molar-refractivity contribution in [3.8, 4) is 5.75 Å². The lowest BCUT2D eigenvalue weighted by atomic mass is 10.3. The fraction of sp³-hybridized carbons (Fsp3) is 0.278. The van der Waals surface area contributed by atoms with Crippen molar-refractivity contribution in [2.75, 3.05) is 12.3 Å². The Balaban J connectivity index is 1.38. The van der Waals surface area contributed by atoms with E-state index in [4.69, 9.17) is 4.74 Å². The van der Waals surface area contributed by atoms with Gasteiger partial charge < -0.3 is 14.5 Å². The van der Waals surface area contributed by atoms with Crippen LogP contribution in [0.15, 0.2) is 53.7 Å². The zero-order valence-corrected chi connectivity index (χ0v) is 13.8. The lowest BCUT2D eigenvalue weighted by molar-refractivity contribution is 0.211. The number of para-hydroxylation sites is 1. The highest BCUT2D eigenvalue weighted by Crippen LogP contribution is 2.34. The molecule has 118 valence electrons. The smallest absolute Gasteiger partial charge is 0.139 e. The highest BCUT2D eigenvalue weighted by molar-refractivity contribution is 7.99. The third kappa shape index (κ3) is 2.94. The van der Waals surface area contributed by atoms with Gasteiger partial charge in [0, 0.05) is 29.9 Å². The van der Waals surface area contributed by atoms with Crippen molar-refractivity contribution < 1.29 is 4.74 Å². The number of fused-ring (bicyclic) bond motifs is 2. The highest BCUT2D eigenvalue weighted by Gasteiger charge is 2.19. The van der Waals surface area contributed by atoms with Crippen molar-refractivity contribution in [1.29, 1.82) is 0 Å². The molecule has 1 N–H and O–H groups in total. The summed E-state index contributed by atoms with van der Waals surface area (Å²) in [6.45, 7) is 3.71. The van der Waals surface area contributed by atoms with Crippen LogP contribution in [-0.4, -0.2) is 27.8 Å². The molecule has 1 aliphatic rings. The number of benzene rings is 1. The minimum Gasteiger partial charge on any atom is -0.487 e. The molecule has 1 unspecified atom stereocenters. The van der Waals surface area contributed by atoms with Crippen LogP contribution < -0.4 is 10.1 Å². The van der Waals surface area contributed by atoms with E-state index in [1.54, 1.807) is 0 Å². The Hall–Kier alpha value is -1.98. The average molecular weight is 325 g/mol. The maximum absolute atomic E-state index is 6.05. The van der Waals surface area contributed by atoms with Crippen LogP contribution in [0.25, 0.3) is 5.65 Å². The molecule has 4 rings (SSSR count). The van der Waals surface area contributed by atoms with E-state index in [-0.39, 0.29) is 6.10 Å². The summed E-state index contributed by atoms with van der Waals surface area (Å²) in [5.74, 6) is 1.98. The van der Waals surface area contributed by atoms with Gasteiger partial charge in [0.1, 0.15) is 17.5 Å². The molecular weight excluding hydrogens is 306 g/mol. The van der Waals surface area contributed by atoms with Gasteiger partial charge in [-0.15, -0.1) is 11.8 Å². The van der Waals surface area contributed by atoms with Crippen LogP contribution in [-0.2, 0) is 6.54 Å². The molecule has 1 atom stereocenters. The summed E-state index contributed by atoms with van der Waals surface area (Å²) < 4.78 is 8.20. The van der Waals surface area contributed by atoms with Gasteiger partial charge in [0.05, 0.1) is 11.9 Å². The first-order valence-electron chi connectivity index (χ1n) is 7.82. The van der Waals surface area contributed by atoms with E-state index >= 15 is 0 Å². The molecule has 1 aliphatic heterocycles. The van der Waals surface area contributed by atoms with Crippen LogP contribution in [0.5, 0.6) is 5.75 Å². The van der Waals surface area contributed by atoms with Crippen LogP contribution >= 0.6 is 11.8 Å². The molecule has 0 fully saturated rings. The largest absolute Gasteiger partial charge is 0.487 e. The fourth-order valence-corrected chi connectivity index (χ4v) is 3.84. The van der Waals surface area contributed by atoms with E-state index in [1.807, 2.05) is 30.1 Å². The van der Waals surface area contributed by atoms with Gasteiger partial charge in [0.25, 0.3) is 0 Å². The molecule has 4 nitrogen and oxygen atoms in total. The molecule has 3 aromatic rings. The van der Waals surface area contributed by atoms with Gasteiger partial charge in [-0.05, 0) is 30.7 Å². The second-order valence-electron chi connectivity index (χ2n) is 5.76. The van der Waals surface area contributed by atoms with E-state index < -0.39 is 0 Å². The summed E-state index contributed by atoms with van der Waals surface area (Å²) in [5, 5.41) is 3.50. The Morgan fingerprint density at radius 1 is 1.30 bits per heavy atom. The molecule has 1 aromatic carbocycles. The number of hydrogen-bond acceptors (Lipinski definition) is 4. The van der Waals surface area contributed by atoms with Crippen molar-refractivity contribution in [3.63, 3.8) is 0 Å². The molecule has 0 saturated heterocycles. The van der Waals surface area contributed by atoms with Crippen molar-refractivity contribution in [3.05, 3.63) is 60.0 Å². The fourth-order valence-electron chi connectivity index (χ4n) is 2.86. The van der Waals surface area contributed by atoms with Crippen molar-refractivity contribution in [2.45, 2.75) is 24.5 Å². The second-order valence-corrected chi connectivity index (χ2v) is 6.82. The molecule has 3 heterocycles. The lowest BCUT2D eigenvalue weighted by Gasteiger charge is -2.25. The lowest BCUT2D eigenvalue weighted by Crippen LogP contribution is -2.35. The van der Waals surface area contributed by atoms with Gasteiger partial charge >= 0.3 is 0 Å². The number of thioether (sulfide) groups is 1. The summed E-state index contributed by atoms with van der Waals surface area (Å²) in [7, 11) is 0. The van der Waals surface area contributed by atoms with E-state index in [9.17, 15) is 0 Å². The van der Waals surface area contributed by atoms with E-state index in [0.29, 0.717) is 0 Å². The third-order valence-electron chi connectivity index (χ3n) is 4.05. The van der Waals surface area contributed by atoms with Crippen LogP contribution in [0.3, 0.4) is 0 Å². The summed E-state index contributed by atoms with van der Waals surface area (Å²) in [6.07, 6.45) is 4.22. The Labute approximate surface area is 139 Å². The number of rotatable bonds is 4. The number of aromatic nitrogens is 2. The number of hydrogen-bond donors (Lipinski definition) is 1. The monoisotopic (exact) mass is 325 g/mol. The number of nitrogens with one attached hydrogen (secondary N) is 1. The number of ether oxygens (including phenoxy) is 1. The molecule has 2 aromatic heterocycles. The Morgan fingerprint density at radius 3 is 3.17 bits per heavy atom. The van der Waals surface area contributed by atoms with Crippen LogP contribution in [0.4, 0.5) is 0 Å². The van der Waals surface area contributed by atoms with Gasteiger partial charge in [0.2, 0.25) is 0 Å². The Morgan fingerprint density at radius 2 is 2.22 bits per heavy atom. The van der Waals surface area contributed by atoms with Gasteiger partial charge in [0.15, 0.2) is 0 Å². The molecule has 0 bridgehead atoms. The van der Waals surface area contributed by atoms with Crippen LogP contribution in [0.2, 0.25) is 0 Å². The minimum atomic E-state index is 0.204. The van der Waals surface area contributed by atoms with E-state index in [2.05, 4.69) is 52.1 Å². The van der Waals surface area contributed by atoms with E-state index in [1.165, 1.54) is 16.2 Å². The summed E-state index contributed by atoms with van der Waals surface area (Å²) in [4.78, 5) is 5.74. The zero-order valence-electron chi connectivity index (χ0n) is 13.0. The Bertz CT molecular complexity index is 830. The number of pyridine rings is 1. The summed E-state index contributed by atoms with van der Waals surface area (Å²) in [6, 6.07) is 12.4. The molecule has 0 radical (unpaired) electrons. The SMILES string of the molecule is Cc1cccn2c(CNCC3CSc4ccccc4O3)cnc12. The predicted octanol–water partition coefficient (Wildman–Crippen LogP) is 3.29.